The molecule has 3 heterocycles. The lowest BCUT2D eigenvalue weighted by atomic mass is 10.0. The summed E-state index contributed by atoms with van der Waals surface area (Å²) in [5, 5.41) is 2.95. The minimum Gasteiger partial charge on any atom is -0.357 e. The van der Waals surface area contributed by atoms with Gasteiger partial charge < -0.3 is 5.32 Å². The van der Waals surface area contributed by atoms with E-state index in [2.05, 4.69) is 25.3 Å². The molecule has 1 aromatic carbocycles. The molecule has 0 amide bonds. The molecule has 156 valence electrons. The lowest BCUT2D eigenvalue weighted by Gasteiger charge is -2.20. The average molecular weight is 425 g/mol. The van der Waals surface area contributed by atoms with Crippen LogP contribution in [0.5, 0.6) is 0 Å². The van der Waals surface area contributed by atoms with E-state index in [1.54, 1.807) is 42.6 Å². The molecule has 1 unspecified atom stereocenters. The molecule has 0 aliphatic heterocycles. The predicted molar refractivity (Wildman–Crippen MR) is 106 cm³/mol. The Balaban J connectivity index is 1.81. The number of rotatable bonds is 5. The van der Waals surface area contributed by atoms with Gasteiger partial charge in [0.1, 0.15) is 17.3 Å². The molecule has 0 saturated carbocycles. The number of anilines is 1. The molecule has 0 radical (unpaired) electrons. The molecule has 0 aliphatic rings. The van der Waals surface area contributed by atoms with E-state index in [0.717, 1.165) is 6.07 Å². The number of pyridine rings is 2. The van der Waals surface area contributed by atoms with E-state index >= 15 is 0 Å². The number of halogens is 4. The van der Waals surface area contributed by atoms with Crippen LogP contribution in [0.25, 0.3) is 11.5 Å². The minimum atomic E-state index is -4.69. The highest BCUT2D eigenvalue weighted by molar-refractivity contribution is 5.54. The molecule has 31 heavy (non-hydrogen) atoms. The van der Waals surface area contributed by atoms with Crippen LogP contribution in [0.4, 0.5) is 23.4 Å². The summed E-state index contributed by atoms with van der Waals surface area (Å²) in [6.45, 7) is 0. The monoisotopic (exact) mass is 425 g/mol. The number of alkyl halides is 3. The van der Waals surface area contributed by atoms with Crippen LogP contribution in [-0.2, 0) is 6.18 Å². The summed E-state index contributed by atoms with van der Waals surface area (Å²) < 4.78 is 54.4. The quantitative estimate of drug-likeness (QED) is 0.440. The van der Waals surface area contributed by atoms with Gasteiger partial charge in [-0.05, 0) is 42.0 Å². The van der Waals surface area contributed by atoms with Gasteiger partial charge in [-0.25, -0.2) is 14.4 Å². The summed E-state index contributed by atoms with van der Waals surface area (Å²) in [6.07, 6.45) is -1.71. The lowest BCUT2D eigenvalue weighted by Crippen LogP contribution is -2.17. The van der Waals surface area contributed by atoms with Gasteiger partial charge in [0.2, 0.25) is 0 Å². The van der Waals surface area contributed by atoms with E-state index in [9.17, 15) is 17.6 Å². The Morgan fingerprint density at radius 1 is 0.806 bits per heavy atom. The average Bonchev–Trinajstić information content (AvgIpc) is 2.78. The highest BCUT2D eigenvalue weighted by Crippen LogP contribution is 2.32. The zero-order valence-corrected chi connectivity index (χ0v) is 15.9. The molecule has 9 heteroatoms. The molecule has 0 spiro atoms. The summed E-state index contributed by atoms with van der Waals surface area (Å²) >= 11 is 0. The molecule has 0 saturated heterocycles. The van der Waals surface area contributed by atoms with Crippen LogP contribution in [0.3, 0.4) is 0 Å². The van der Waals surface area contributed by atoms with E-state index in [1.807, 2.05) is 0 Å². The van der Waals surface area contributed by atoms with Gasteiger partial charge in [0, 0.05) is 18.5 Å². The SMILES string of the molecule is Fc1cccc(C(Nc2cc(C(F)(F)F)nc(-c3ccccn3)n2)c2ccccn2)c1. The summed E-state index contributed by atoms with van der Waals surface area (Å²) in [7, 11) is 0. The van der Waals surface area contributed by atoms with Gasteiger partial charge in [-0.15, -0.1) is 0 Å². The van der Waals surface area contributed by atoms with Crippen LogP contribution in [0.1, 0.15) is 23.0 Å². The van der Waals surface area contributed by atoms with E-state index in [1.165, 1.54) is 30.5 Å². The number of benzene rings is 1. The topological polar surface area (TPSA) is 63.6 Å². The highest BCUT2D eigenvalue weighted by Gasteiger charge is 2.34. The molecule has 4 rings (SSSR count). The van der Waals surface area contributed by atoms with Gasteiger partial charge in [-0.3, -0.25) is 9.97 Å². The third-order valence-electron chi connectivity index (χ3n) is 4.37. The zero-order chi connectivity index (χ0) is 21.8. The maximum Gasteiger partial charge on any atom is 0.433 e. The Morgan fingerprint density at radius 2 is 1.58 bits per heavy atom. The second kappa shape index (κ2) is 8.47. The molecule has 0 fully saturated rings. The molecule has 5 nitrogen and oxygen atoms in total. The smallest absolute Gasteiger partial charge is 0.357 e. The highest BCUT2D eigenvalue weighted by atomic mass is 19.4. The van der Waals surface area contributed by atoms with Crippen molar-refractivity contribution in [3.8, 4) is 11.5 Å². The Morgan fingerprint density at radius 3 is 2.23 bits per heavy atom. The Bertz CT molecular complexity index is 1170. The molecule has 3 aromatic heterocycles. The second-order valence-corrected chi connectivity index (χ2v) is 6.56. The van der Waals surface area contributed by atoms with Crippen LogP contribution in [-0.4, -0.2) is 19.9 Å². The Kier molecular flexibility index (Phi) is 5.57. The van der Waals surface area contributed by atoms with Crippen molar-refractivity contribution in [2.45, 2.75) is 12.2 Å². The van der Waals surface area contributed by atoms with Gasteiger partial charge in [-0.2, -0.15) is 13.2 Å². The maximum absolute atomic E-state index is 13.9. The van der Waals surface area contributed by atoms with E-state index < -0.39 is 23.7 Å². The second-order valence-electron chi connectivity index (χ2n) is 6.56. The fourth-order valence-electron chi connectivity index (χ4n) is 2.98. The van der Waals surface area contributed by atoms with Crippen LogP contribution in [0.15, 0.2) is 79.1 Å². The Hall–Kier alpha value is -3.88. The van der Waals surface area contributed by atoms with Crippen molar-refractivity contribution in [2.24, 2.45) is 0 Å². The van der Waals surface area contributed by atoms with Gasteiger partial charge in [-0.1, -0.05) is 24.3 Å². The summed E-state index contributed by atoms with van der Waals surface area (Å²) in [5.41, 5.74) is 0.0337. The van der Waals surface area contributed by atoms with Crippen LogP contribution in [0.2, 0.25) is 0 Å². The van der Waals surface area contributed by atoms with Crippen LogP contribution >= 0.6 is 0 Å². The minimum absolute atomic E-state index is 0.0945. The lowest BCUT2D eigenvalue weighted by molar-refractivity contribution is -0.141. The molecule has 0 bridgehead atoms. The number of nitrogens with one attached hydrogen (secondary N) is 1. The van der Waals surface area contributed by atoms with Gasteiger partial charge in [0.25, 0.3) is 0 Å². The summed E-state index contributed by atoms with van der Waals surface area (Å²) in [5.74, 6) is -0.757. The van der Waals surface area contributed by atoms with Gasteiger partial charge >= 0.3 is 6.18 Å². The van der Waals surface area contributed by atoms with Crippen molar-refractivity contribution < 1.29 is 17.6 Å². The third-order valence-corrected chi connectivity index (χ3v) is 4.37. The third kappa shape index (κ3) is 4.82. The van der Waals surface area contributed by atoms with Crippen molar-refractivity contribution in [3.63, 3.8) is 0 Å². The number of nitrogens with zero attached hydrogens (tertiary/aromatic N) is 4. The van der Waals surface area contributed by atoms with E-state index in [4.69, 9.17) is 0 Å². The van der Waals surface area contributed by atoms with Crippen molar-refractivity contribution in [1.29, 1.82) is 0 Å². The fourth-order valence-corrected chi connectivity index (χ4v) is 2.98. The predicted octanol–water partition coefficient (Wildman–Crippen LogP) is 5.29. The van der Waals surface area contributed by atoms with Gasteiger partial charge in [0.05, 0.1) is 11.7 Å². The molecule has 1 N–H and O–H groups in total. The zero-order valence-electron chi connectivity index (χ0n) is 15.9. The first-order chi connectivity index (χ1) is 14.9. The van der Waals surface area contributed by atoms with Gasteiger partial charge in [0.15, 0.2) is 11.5 Å². The largest absolute Gasteiger partial charge is 0.433 e. The van der Waals surface area contributed by atoms with Crippen LogP contribution in [0, 0.1) is 5.82 Å². The number of aromatic nitrogens is 4. The normalized spacial score (nSPS) is 12.4. The number of hydrogen-bond acceptors (Lipinski definition) is 5. The standard InChI is InChI=1S/C22H15F4N5/c23-15-7-5-6-14(12-15)20(16-8-1-3-10-27-16)30-19-13-18(22(24,25)26)29-21(31-19)17-9-2-4-11-28-17/h1-13,20H,(H,29,30,31). The maximum atomic E-state index is 13.9. The number of hydrogen-bond donors (Lipinski definition) is 1. The summed E-state index contributed by atoms with van der Waals surface area (Å²) in [4.78, 5) is 16.2. The molecule has 1 atom stereocenters. The first-order valence-electron chi connectivity index (χ1n) is 9.21. The van der Waals surface area contributed by atoms with Crippen LogP contribution < -0.4 is 5.32 Å². The molecule has 0 aliphatic carbocycles. The molecular weight excluding hydrogens is 410 g/mol. The molecular formula is C22H15F4N5. The van der Waals surface area contributed by atoms with Crippen molar-refractivity contribution in [3.05, 3.63) is 102 Å². The van der Waals surface area contributed by atoms with E-state index in [-0.39, 0.29) is 17.3 Å². The van der Waals surface area contributed by atoms with Crippen molar-refractivity contribution >= 4 is 5.82 Å². The Labute approximate surface area is 174 Å². The first kappa shape index (κ1) is 20.4. The van der Waals surface area contributed by atoms with Crippen molar-refractivity contribution in [1.82, 2.24) is 19.9 Å². The molecule has 4 aromatic rings. The first-order valence-corrected chi connectivity index (χ1v) is 9.21. The summed E-state index contributed by atoms with van der Waals surface area (Å²) in [6, 6.07) is 15.7. The van der Waals surface area contributed by atoms with E-state index in [0.29, 0.717) is 11.3 Å². The fraction of sp³-hybridized carbons (Fsp3) is 0.0909. The van der Waals surface area contributed by atoms with Crippen molar-refractivity contribution in [2.75, 3.05) is 5.32 Å².